The van der Waals surface area contributed by atoms with Crippen LogP contribution in [0.5, 0.6) is 11.5 Å². The summed E-state index contributed by atoms with van der Waals surface area (Å²) in [5.74, 6) is -0.387. The van der Waals surface area contributed by atoms with Gasteiger partial charge in [0.1, 0.15) is 6.10 Å². The first-order chi connectivity index (χ1) is 17.0. The summed E-state index contributed by atoms with van der Waals surface area (Å²) < 4.78 is 16.8. The Bertz CT molecular complexity index is 1260. The van der Waals surface area contributed by atoms with Crippen molar-refractivity contribution in [3.05, 3.63) is 94.5 Å². The van der Waals surface area contributed by atoms with Crippen molar-refractivity contribution in [2.45, 2.75) is 31.4 Å². The van der Waals surface area contributed by atoms with Gasteiger partial charge >= 0.3 is 5.97 Å². The van der Waals surface area contributed by atoms with Gasteiger partial charge in [0, 0.05) is 12.8 Å². The molecule has 35 heavy (non-hydrogen) atoms. The van der Waals surface area contributed by atoms with Crippen molar-refractivity contribution >= 4 is 17.8 Å². The number of nitrogens with zero attached hydrogens (tertiary/aromatic N) is 1. The third-order valence-corrected chi connectivity index (χ3v) is 6.60. The number of hydrogen-bond donors (Lipinski definition) is 0. The van der Waals surface area contributed by atoms with E-state index < -0.39 is 23.8 Å². The van der Waals surface area contributed by atoms with Gasteiger partial charge < -0.3 is 14.2 Å². The van der Waals surface area contributed by atoms with E-state index in [-0.39, 0.29) is 12.5 Å². The first-order valence-electron chi connectivity index (χ1n) is 11.4. The zero-order valence-corrected chi connectivity index (χ0v) is 19.5. The third-order valence-electron chi connectivity index (χ3n) is 6.60. The van der Waals surface area contributed by atoms with Crippen molar-refractivity contribution in [2.24, 2.45) is 0 Å². The third kappa shape index (κ3) is 4.14. The average molecular weight is 472 g/mol. The predicted octanol–water partition coefficient (Wildman–Crippen LogP) is 4.14. The van der Waals surface area contributed by atoms with Crippen molar-refractivity contribution in [2.75, 3.05) is 14.2 Å². The van der Waals surface area contributed by atoms with Crippen LogP contribution in [0.15, 0.2) is 66.7 Å². The number of methoxy groups -OCH3 is 2. The largest absolute Gasteiger partial charge is 0.493 e. The highest BCUT2D eigenvalue weighted by Gasteiger charge is 2.41. The van der Waals surface area contributed by atoms with E-state index in [9.17, 15) is 14.4 Å². The lowest BCUT2D eigenvalue weighted by Gasteiger charge is -2.27. The number of rotatable bonds is 7. The van der Waals surface area contributed by atoms with Crippen LogP contribution in [0.3, 0.4) is 0 Å². The molecule has 1 atom stereocenters. The van der Waals surface area contributed by atoms with Crippen LogP contribution in [0, 0.1) is 0 Å². The van der Waals surface area contributed by atoms with E-state index in [2.05, 4.69) is 12.1 Å². The quantitative estimate of drug-likeness (QED) is 0.381. The van der Waals surface area contributed by atoms with Gasteiger partial charge in [0.15, 0.2) is 11.5 Å². The van der Waals surface area contributed by atoms with Crippen molar-refractivity contribution in [3.8, 4) is 11.5 Å². The number of benzene rings is 3. The lowest BCUT2D eigenvalue weighted by Crippen LogP contribution is -2.35. The van der Waals surface area contributed by atoms with E-state index in [4.69, 9.17) is 14.2 Å². The van der Waals surface area contributed by atoms with Gasteiger partial charge in [-0.2, -0.15) is 0 Å². The summed E-state index contributed by atoms with van der Waals surface area (Å²) >= 11 is 0. The fourth-order valence-electron chi connectivity index (χ4n) is 4.86. The fourth-order valence-corrected chi connectivity index (χ4v) is 4.86. The molecule has 3 aromatic rings. The topological polar surface area (TPSA) is 82.1 Å². The maximum Gasteiger partial charge on any atom is 0.307 e. The van der Waals surface area contributed by atoms with Gasteiger partial charge in [0.25, 0.3) is 11.8 Å². The monoisotopic (exact) mass is 471 g/mol. The molecule has 0 fully saturated rings. The number of hydrogen-bond acceptors (Lipinski definition) is 6. The normalized spacial score (nSPS) is 15.5. The molecule has 178 valence electrons. The molecule has 0 aromatic heterocycles. The van der Waals surface area contributed by atoms with E-state index in [0.717, 1.165) is 17.7 Å². The van der Waals surface area contributed by atoms with E-state index in [1.54, 1.807) is 49.6 Å². The van der Waals surface area contributed by atoms with E-state index in [0.29, 0.717) is 28.2 Å². The minimum Gasteiger partial charge on any atom is -0.493 e. The summed E-state index contributed by atoms with van der Waals surface area (Å²) in [6, 6.07) is 19.2. The van der Waals surface area contributed by atoms with Crippen LogP contribution in [0.1, 0.15) is 49.9 Å². The van der Waals surface area contributed by atoms with Gasteiger partial charge in [-0.3, -0.25) is 19.3 Å². The molecule has 2 amide bonds. The molecule has 7 heteroatoms. The number of fused-ring (bicyclic) bond motifs is 2. The first-order valence-corrected chi connectivity index (χ1v) is 11.4. The highest BCUT2D eigenvalue weighted by molar-refractivity contribution is 6.21. The smallest absolute Gasteiger partial charge is 0.307 e. The Morgan fingerprint density at radius 1 is 0.886 bits per heavy atom. The standard InChI is InChI=1S/C28H25NO6/c1-33-24-12-11-19(15-25(24)35-20-13-17-7-3-4-8-18(17)14-20)23(16-26(30)34-2)29-27(31)21-9-5-6-10-22(21)28(29)32/h3-12,15,20,23H,13-14,16H2,1-2H3. The highest BCUT2D eigenvalue weighted by atomic mass is 16.5. The first kappa shape index (κ1) is 22.7. The molecular weight excluding hydrogens is 446 g/mol. The molecule has 7 nitrogen and oxygen atoms in total. The molecule has 0 saturated heterocycles. The SMILES string of the molecule is COC(=O)CC(c1ccc(OC)c(OC2Cc3ccccc3C2)c1)N1C(=O)c2ccccc2C1=O. The second-order valence-electron chi connectivity index (χ2n) is 8.65. The van der Waals surface area contributed by atoms with Crippen LogP contribution in [0.25, 0.3) is 0 Å². The number of amides is 2. The zero-order chi connectivity index (χ0) is 24.5. The van der Waals surface area contributed by atoms with Gasteiger partial charge in [0.2, 0.25) is 0 Å². The summed E-state index contributed by atoms with van der Waals surface area (Å²) in [5.41, 5.74) is 3.72. The molecule has 0 radical (unpaired) electrons. The van der Waals surface area contributed by atoms with Crippen molar-refractivity contribution < 1.29 is 28.6 Å². The Hall–Kier alpha value is -4.13. The Balaban J connectivity index is 1.48. The molecule has 2 aliphatic rings. The minimum absolute atomic E-state index is 0.0742. The molecule has 1 aliphatic heterocycles. The summed E-state index contributed by atoms with van der Waals surface area (Å²) in [7, 11) is 2.84. The molecule has 0 spiro atoms. The van der Waals surface area contributed by atoms with Crippen LogP contribution >= 0.6 is 0 Å². The molecule has 0 N–H and O–H groups in total. The predicted molar refractivity (Wildman–Crippen MR) is 128 cm³/mol. The minimum atomic E-state index is -0.858. The van der Waals surface area contributed by atoms with Crippen molar-refractivity contribution in [3.63, 3.8) is 0 Å². The average Bonchev–Trinajstić information content (AvgIpc) is 3.40. The maximum absolute atomic E-state index is 13.2. The number of ether oxygens (including phenoxy) is 3. The molecule has 3 aromatic carbocycles. The highest BCUT2D eigenvalue weighted by Crippen LogP contribution is 2.39. The van der Waals surface area contributed by atoms with Gasteiger partial charge in [-0.15, -0.1) is 0 Å². The van der Waals surface area contributed by atoms with Crippen LogP contribution in [0.4, 0.5) is 0 Å². The molecular formula is C28H25NO6. The lowest BCUT2D eigenvalue weighted by atomic mass is 10.0. The number of esters is 1. The maximum atomic E-state index is 13.2. The Morgan fingerprint density at radius 3 is 2.06 bits per heavy atom. The van der Waals surface area contributed by atoms with Gasteiger partial charge in [-0.05, 0) is 41.0 Å². The summed E-state index contributed by atoms with van der Waals surface area (Å²) in [4.78, 5) is 39.9. The molecule has 1 unspecified atom stereocenters. The van der Waals surface area contributed by atoms with E-state index >= 15 is 0 Å². The summed E-state index contributed by atoms with van der Waals surface area (Å²) in [5, 5.41) is 0. The second-order valence-corrected chi connectivity index (χ2v) is 8.65. The van der Waals surface area contributed by atoms with Crippen LogP contribution in [0.2, 0.25) is 0 Å². The Morgan fingerprint density at radius 2 is 1.49 bits per heavy atom. The fraction of sp³-hybridized carbons (Fsp3) is 0.250. The second kappa shape index (κ2) is 9.25. The molecule has 5 rings (SSSR count). The molecule has 0 bridgehead atoms. The Labute approximate surface area is 203 Å². The van der Waals surface area contributed by atoms with E-state index in [1.807, 2.05) is 12.1 Å². The molecule has 0 saturated carbocycles. The lowest BCUT2D eigenvalue weighted by molar-refractivity contribution is -0.141. The number of carbonyl (C=O) groups is 3. The summed E-state index contributed by atoms with van der Waals surface area (Å²) in [6.07, 6.45) is 1.29. The van der Waals surface area contributed by atoms with Crippen LogP contribution in [-0.2, 0) is 22.4 Å². The molecule has 1 heterocycles. The molecule has 1 aliphatic carbocycles. The van der Waals surface area contributed by atoms with Gasteiger partial charge in [-0.25, -0.2) is 0 Å². The zero-order valence-electron chi connectivity index (χ0n) is 19.5. The van der Waals surface area contributed by atoms with Crippen molar-refractivity contribution in [1.82, 2.24) is 4.90 Å². The van der Waals surface area contributed by atoms with Crippen LogP contribution < -0.4 is 9.47 Å². The summed E-state index contributed by atoms with van der Waals surface area (Å²) in [6.45, 7) is 0. The van der Waals surface area contributed by atoms with Gasteiger partial charge in [0.05, 0.1) is 37.8 Å². The Kier molecular flexibility index (Phi) is 5.99. The number of carbonyl (C=O) groups excluding carboxylic acids is 3. The van der Waals surface area contributed by atoms with Gasteiger partial charge in [-0.1, -0.05) is 42.5 Å². The van der Waals surface area contributed by atoms with Crippen molar-refractivity contribution in [1.29, 1.82) is 0 Å². The number of imide groups is 1. The van der Waals surface area contributed by atoms with E-state index in [1.165, 1.54) is 18.2 Å². The van der Waals surface area contributed by atoms with Crippen LogP contribution in [-0.4, -0.2) is 43.0 Å².